The van der Waals surface area contributed by atoms with E-state index in [1.54, 1.807) is 45.4 Å². The van der Waals surface area contributed by atoms with Crippen LogP contribution in [-0.4, -0.2) is 45.1 Å². The molecule has 0 N–H and O–H groups in total. The third-order valence-corrected chi connectivity index (χ3v) is 6.25. The van der Waals surface area contributed by atoms with Crippen LogP contribution in [0.5, 0.6) is 0 Å². The Kier molecular flexibility index (Phi) is 5.72. The lowest BCUT2D eigenvalue weighted by atomic mass is 9.99. The molecule has 0 radical (unpaired) electrons. The summed E-state index contributed by atoms with van der Waals surface area (Å²) < 4.78 is 18.7. The van der Waals surface area contributed by atoms with Crippen LogP contribution < -0.4 is 4.73 Å². The van der Waals surface area contributed by atoms with Crippen molar-refractivity contribution in [2.24, 2.45) is 0 Å². The fraction of sp³-hybridized carbons (Fsp3) is 0.143. The van der Waals surface area contributed by atoms with Gasteiger partial charge in [-0.25, -0.2) is 14.2 Å². The maximum absolute atomic E-state index is 15.3. The van der Waals surface area contributed by atoms with Crippen LogP contribution in [-0.2, 0) is 6.42 Å². The van der Waals surface area contributed by atoms with Crippen molar-refractivity contribution in [2.75, 3.05) is 14.1 Å². The minimum Gasteiger partial charge on any atom is -0.619 e. The molecule has 184 valence electrons. The number of amides is 1. The van der Waals surface area contributed by atoms with Crippen molar-refractivity contribution in [2.45, 2.75) is 13.3 Å². The zero-order valence-corrected chi connectivity index (χ0v) is 20.4. The number of benzene rings is 2. The summed E-state index contributed by atoms with van der Waals surface area (Å²) >= 11 is 0. The molecule has 0 spiro atoms. The van der Waals surface area contributed by atoms with Crippen LogP contribution in [0.25, 0.3) is 21.9 Å². The molecule has 2 aromatic carbocycles. The first-order chi connectivity index (χ1) is 17.7. The fourth-order valence-electron chi connectivity index (χ4n) is 4.57. The number of imidazole rings is 1. The number of carbonyl (C=O) groups is 2. The van der Waals surface area contributed by atoms with Crippen LogP contribution in [0.3, 0.4) is 0 Å². The number of aromatic nitrogens is 4. The van der Waals surface area contributed by atoms with E-state index in [2.05, 4.69) is 10.9 Å². The quantitative estimate of drug-likeness (QED) is 0.216. The predicted molar refractivity (Wildman–Crippen MR) is 137 cm³/mol. The van der Waals surface area contributed by atoms with Crippen molar-refractivity contribution in [1.29, 1.82) is 0 Å². The highest BCUT2D eigenvalue weighted by atomic mass is 19.1. The Morgan fingerprint density at radius 2 is 1.97 bits per heavy atom. The van der Waals surface area contributed by atoms with Gasteiger partial charge in [0.15, 0.2) is 11.7 Å². The van der Waals surface area contributed by atoms with Gasteiger partial charge in [-0.05, 0) is 48.7 Å². The average Bonchev–Trinajstić information content (AvgIpc) is 3.39. The summed E-state index contributed by atoms with van der Waals surface area (Å²) in [5.74, 6) is 1.73. The van der Waals surface area contributed by atoms with Crippen molar-refractivity contribution in [3.63, 3.8) is 0 Å². The normalized spacial score (nSPS) is 11.1. The number of terminal acetylenes is 1. The standard InChI is InChI=1S/C28H22FN5O3/c1-5-19-7-6-8-25-26(19)20(15-33(25)28(36)31(3)4)13-18-9-10-21(22(29)14-18)27(35)34-17(2)30-23-16-32(37)12-11-24(23)34/h1,6-12,14-16H,13H2,2-4H3. The summed E-state index contributed by atoms with van der Waals surface area (Å²) in [6, 6.07) is 11.1. The van der Waals surface area contributed by atoms with Gasteiger partial charge in [0.05, 0.1) is 16.6 Å². The highest BCUT2D eigenvalue weighted by Gasteiger charge is 2.22. The summed E-state index contributed by atoms with van der Waals surface area (Å²) in [6.07, 6.45) is 10.3. The molecule has 9 heteroatoms. The van der Waals surface area contributed by atoms with Crippen molar-refractivity contribution in [3.8, 4) is 12.3 Å². The zero-order chi connectivity index (χ0) is 26.4. The van der Waals surface area contributed by atoms with Crippen LogP contribution in [0, 0.1) is 30.3 Å². The Labute approximate surface area is 211 Å². The van der Waals surface area contributed by atoms with Gasteiger partial charge in [0.1, 0.15) is 11.6 Å². The van der Waals surface area contributed by atoms with Gasteiger partial charge in [-0.15, -0.1) is 6.42 Å². The van der Waals surface area contributed by atoms with Gasteiger partial charge in [-0.2, -0.15) is 4.73 Å². The number of pyridine rings is 1. The lowest BCUT2D eigenvalue weighted by Crippen LogP contribution is -2.26. The van der Waals surface area contributed by atoms with Crippen molar-refractivity contribution in [1.82, 2.24) is 19.0 Å². The topological polar surface area (TPSA) is 87.1 Å². The molecular formula is C28H22FN5O3. The molecule has 3 heterocycles. The van der Waals surface area contributed by atoms with Gasteiger partial charge in [-0.3, -0.25) is 13.9 Å². The number of aryl methyl sites for hydroxylation is 1. The second-order valence-corrected chi connectivity index (χ2v) is 8.91. The molecule has 0 fully saturated rings. The molecule has 5 rings (SSSR count). The number of carbonyl (C=O) groups excluding carboxylic acids is 2. The summed E-state index contributed by atoms with van der Waals surface area (Å²) in [5, 5.41) is 12.3. The number of fused-ring (bicyclic) bond motifs is 2. The first-order valence-electron chi connectivity index (χ1n) is 11.4. The number of nitrogens with zero attached hydrogens (tertiary/aromatic N) is 5. The molecule has 3 aromatic heterocycles. The minimum atomic E-state index is -0.691. The van der Waals surface area contributed by atoms with E-state index in [1.165, 1.54) is 44.6 Å². The molecule has 0 aliphatic heterocycles. The Hall–Kier alpha value is -4.97. The monoisotopic (exact) mass is 495 g/mol. The maximum atomic E-state index is 15.3. The molecule has 8 nitrogen and oxygen atoms in total. The van der Waals surface area contributed by atoms with Gasteiger partial charge in [0.2, 0.25) is 6.20 Å². The summed E-state index contributed by atoms with van der Waals surface area (Å²) in [7, 11) is 3.32. The van der Waals surface area contributed by atoms with E-state index in [0.29, 0.717) is 44.7 Å². The highest BCUT2D eigenvalue weighted by molar-refractivity contribution is 6.02. The van der Waals surface area contributed by atoms with Gasteiger partial charge >= 0.3 is 6.03 Å². The molecule has 0 saturated carbocycles. The van der Waals surface area contributed by atoms with E-state index >= 15 is 4.39 Å². The number of hydrogen-bond acceptors (Lipinski definition) is 4. The van der Waals surface area contributed by atoms with E-state index in [0.717, 1.165) is 10.9 Å². The van der Waals surface area contributed by atoms with Gasteiger partial charge in [0, 0.05) is 37.3 Å². The van der Waals surface area contributed by atoms with Crippen LogP contribution in [0.15, 0.2) is 61.1 Å². The first kappa shape index (κ1) is 23.8. The Balaban J connectivity index is 1.54. The number of rotatable bonds is 3. The fourth-order valence-corrected chi connectivity index (χ4v) is 4.57. The van der Waals surface area contributed by atoms with E-state index < -0.39 is 11.7 Å². The highest BCUT2D eigenvalue weighted by Crippen LogP contribution is 2.28. The third kappa shape index (κ3) is 3.98. The molecule has 0 bridgehead atoms. The second-order valence-electron chi connectivity index (χ2n) is 8.91. The molecule has 0 saturated heterocycles. The van der Waals surface area contributed by atoms with Crippen LogP contribution >= 0.6 is 0 Å². The lowest BCUT2D eigenvalue weighted by Gasteiger charge is -2.11. The van der Waals surface area contributed by atoms with E-state index in [9.17, 15) is 14.8 Å². The molecule has 0 aliphatic carbocycles. The number of halogens is 1. The van der Waals surface area contributed by atoms with Gasteiger partial charge in [0.25, 0.3) is 5.91 Å². The first-order valence-corrected chi connectivity index (χ1v) is 11.4. The Bertz CT molecular complexity index is 1770. The SMILES string of the molecule is C#Cc1cccc2c1c(Cc1ccc(C(=O)n3c(C)nc4c[n+]([O-])ccc43)c(F)c1)cn2C(=O)N(C)C. The lowest BCUT2D eigenvalue weighted by molar-refractivity contribution is -0.604. The van der Waals surface area contributed by atoms with Crippen molar-refractivity contribution < 1.29 is 18.7 Å². The number of hydrogen-bond donors (Lipinski definition) is 0. The van der Waals surface area contributed by atoms with Gasteiger partial charge < -0.3 is 10.1 Å². The average molecular weight is 496 g/mol. The maximum Gasteiger partial charge on any atom is 0.328 e. The Morgan fingerprint density at radius 3 is 2.68 bits per heavy atom. The van der Waals surface area contributed by atoms with E-state index in [1.807, 2.05) is 6.07 Å². The Morgan fingerprint density at radius 1 is 1.19 bits per heavy atom. The molecular weight excluding hydrogens is 473 g/mol. The van der Waals surface area contributed by atoms with Crippen LogP contribution in [0.2, 0.25) is 0 Å². The van der Waals surface area contributed by atoms with E-state index in [4.69, 9.17) is 6.42 Å². The summed E-state index contributed by atoms with van der Waals surface area (Å²) in [6.45, 7) is 1.62. The molecule has 1 amide bonds. The van der Waals surface area contributed by atoms with Crippen molar-refractivity contribution in [3.05, 3.63) is 100 Å². The molecule has 5 aromatic rings. The minimum absolute atomic E-state index is 0.125. The smallest absolute Gasteiger partial charge is 0.328 e. The molecule has 0 atom stereocenters. The van der Waals surface area contributed by atoms with Crippen LogP contribution in [0.4, 0.5) is 9.18 Å². The predicted octanol–water partition coefficient (Wildman–Crippen LogP) is 3.86. The largest absolute Gasteiger partial charge is 0.619 e. The van der Waals surface area contributed by atoms with Gasteiger partial charge in [-0.1, -0.05) is 18.1 Å². The van der Waals surface area contributed by atoms with Crippen molar-refractivity contribution >= 4 is 33.9 Å². The third-order valence-electron chi connectivity index (χ3n) is 6.25. The summed E-state index contributed by atoms with van der Waals surface area (Å²) in [4.78, 5) is 31.7. The van der Waals surface area contributed by atoms with Crippen LogP contribution in [0.1, 0.15) is 32.9 Å². The second kappa shape index (κ2) is 8.91. The zero-order valence-electron chi connectivity index (χ0n) is 20.4. The summed E-state index contributed by atoms with van der Waals surface area (Å²) in [5.41, 5.74) is 3.30. The molecule has 0 unspecified atom stereocenters. The van der Waals surface area contributed by atoms with E-state index in [-0.39, 0.29) is 11.6 Å². The molecule has 0 aliphatic rings. The molecule has 37 heavy (non-hydrogen) atoms.